The molecule has 1 saturated heterocycles. The highest BCUT2D eigenvalue weighted by atomic mass is 35.5. The zero-order valence-electron chi connectivity index (χ0n) is 19.4. The minimum Gasteiger partial charge on any atom is -0.366 e. The molecule has 2 amide bonds. The first-order chi connectivity index (χ1) is 15.2. The smallest absolute Gasteiger partial charge is 0.282 e. The van der Waals surface area contributed by atoms with Crippen molar-refractivity contribution in [3.05, 3.63) is 69.4 Å². The maximum Gasteiger partial charge on any atom is 0.282 e. The number of halogens is 1. The van der Waals surface area contributed by atoms with Gasteiger partial charge in [-0.3, -0.25) is 9.59 Å². The van der Waals surface area contributed by atoms with E-state index in [0.29, 0.717) is 22.0 Å². The molecule has 0 spiro atoms. The topological polar surface area (TPSA) is 43.9 Å². The van der Waals surface area contributed by atoms with Crippen molar-refractivity contribution in [1.29, 1.82) is 0 Å². The van der Waals surface area contributed by atoms with Gasteiger partial charge >= 0.3 is 0 Å². The van der Waals surface area contributed by atoms with Crippen LogP contribution in [0.2, 0.25) is 5.02 Å². The van der Waals surface area contributed by atoms with Gasteiger partial charge in [0.2, 0.25) is 0 Å². The van der Waals surface area contributed by atoms with Gasteiger partial charge in [0.25, 0.3) is 11.8 Å². The number of hydrogen-bond acceptors (Lipinski definition) is 4. The summed E-state index contributed by atoms with van der Waals surface area (Å²) in [4.78, 5) is 33.3. The summed E-state index contributed by atoms with van der Waals surface area (Å²) in [5, 5.41) is 0.580. The molecule has 4 rings (SSSR count). The van der Waals surface area contributed by atoms with Gasteiger partial charge in [-0.1, -0.05) is 35.4 Å². The average Bonchev–Trinajstić information content (AvgIpc) is 2.98. The molecule has 2 aliphatic heterocycles. The summed E-state index contributed by atoms with van der Waals surface area (Å²) in [6, 6.07) is 11.5. The van der Waals surface area contributed by atoms with Crippen LogP contribution in [0.25, 0.3) is 5.57 Å². The minimum absolute atomic E-state index is 0.213. The van der Waals surface area contributed by atoms with Crippen molar-refractivity contribution in [3.8, 4) is 0 Å². The van der Waals surface area contributed by atoms with Crippen molar-refractivity contribution in [1.82, 2.24) is 9.80 Å². The van der Waals surface area contributed by atoms with Crippen molar-refractivity contribution in [2.45, 2.75) is 39.7 Å². The van der Waals surface area contributed by atoms with Gasteiger partial charge in [0.15, 0.2) is 0 Å². The molecule has 0 aromatic heterocycles. The zero-order chi connectivity index (χ0) is 23.2. The maximum atomic E-state index is 13.8. The number of nitrogens with zero attached hydrogens (tertiary/aromatic N) is 3. The Hall–Kier alpha value is -2.63. The van der Waals surface area contributed by atoms with Crippen molar-refractivity contribution >= 4 is 34.7 Å². The van der Waals surface area contributed by atoms with Crippen LogP contribution in [0.5, 0.6) is 0 Å². The highest BCUT2D eigenvalue weighted by Gasteiger charge is 2.44. The molecule has 0 atom stereocenters. The molecule has 1 fully saturated rings. The third-order valence-corrected chi connectivity index (χ3v) is 6.93. The standard InChI is InChI=1S/C26H30ClN3O2/c1-16-6-8-21(17(2)14-16)23-24(29(5)20-10-12-28(4)13-11-20)26(32)30(25(23)31)22-9-7-19(27)15-18(22)3/h6-9,14-15,20H,10-13H2,1-5H3. The molecule has 5 nitrogen and oxygen atoms in total. The SMILES string of the molecule is Cc1ccc(C2=C(N(C)C3CCN(C)CC3)C(=O)N(c3ccc(Cl)cc3C)C2=O)c(C)c1. The van der Waals surface area contributed by atoms with Gasteiger partial charge in [0.1, 0.15) is 5.70 Å². The number of rotatable bonds is 4. The number of carbonyl (C=O) groups excluding carboxylic acids is 2. The van der Waals surface area contributed by atoms with Crippen molar-refractivity contribution in [2.75, 3.05) is 32.1 Å². The molecule has 0 saturated carbocycles. The van der Waals surface area contributed by atoms with E-state index in [-0.39, 0.29) is 17.9 Å². The number of benzene rings is 2. The fourth-order valence-corrected chi connectivity index (χ4v) is 5.06. The number of carbonyl (C=O) groups is 2. The zero-order valence-corrected chi connectivity index (χ0v) is 20.2. The molecule has 2 heterocycles. The summed E-state index contributed by atoms with van der Waals surface area (Å²) in [5.74, 6) is -0.543. The molecule has 0 aliphatic carbocycles. The number of imide groups is 1. The normalized spacial score (nSPS) is 18.1. The lowest BCUT2D eigenvalue weighted by molar-refractivity contribution is -0.120. The summed E-state index contributed by atoms with van der Waals surface area (Å²) < 4.78 is 0. The third kappa shape index (κ3) is 3.96. The Balaban J connectivity index is 1.84. The first-order valence-electron chi connectivity index (χ1n) is 11.1. The molecule has 0 N–H and O–H groups in total. The van der Waals surface area contributed by atoms with E-state index in [2.05, 4.69) is 18.0 Å². The number of anilines is 1. The second kappa shape index (κ2) is 8.72. The minimum atomic E-state index is -0.276. The molecule has 32 heavy (non-hydrogen) atoms. The van der Waals surface area contributed by atoms with E-state index in [0.717, 1.165) is 48.2 Å². The van der Waals surface area contributed by atoms with Crippen molar-refractivity contribution in [3.63, 3.8) is 0 Å². The van der Waals surface area contributed by atoms with E-state index in [4.69, 9.17) is 11.6 Å². The molecule has 2 aliphatic rings. The van der Waals surface area contributed by atoms with Crippen LogP contribution in [-0.2, 0) is 9.59 Å². The Morgan fingerprint density at radius 1 is 0.938 bits per heavy atom. The average molecular weight is 452 g/mol. The van der Waals surface area contributed by atoms with Crippen LogP contribution in [0.1, 0.15) is 35.1 Å². The van der Waals surface area contributed by atoms with E-state index in [1.807, 2.05) is 44.9 Å². The molecular weight excluding hydrogens is 422 g/mol. The van der Waals surface area contributed by atoms with Gasteiger partial charge in [0.05, 0.1) is 11.3 Å². The second-order valence-electron chi connectivity index (χ2n) is 9.06. The summed E-state index contributed by atoms with van der Waals surface area (Å²) in [5.41, 5.74) is 5.29. The van der Waals surface area contributed by atoms with Crippen LogP contribution in [-0.4, -0.2) is 54.8 Å². The largest absolute Gasteiger partial charge is 0.366 e. The first kappa shape index (κ1) is 22.6. The molecule has 2 aromatic carbocycles. The van der Waals surface area contributed by atoms with E-state index >= 15 is 0 Å². The molecule has 6 heteroatoms. The van der Waals surface area contributed by atoms with Crippen LogP contribution >= 0.6 is 11.6 Å². The van der Waals surface area contributed by atoms with Gasteiger partial charge < -0.3 is 9.80 Å². The highest BCUT2D eigenvalue weighted by Crippen LogP contribution is 2.38. The molecule has 168 valence electrons. The van der Waals surface area contributed by atoms with Crippen molar-refractivity contribution in [2.24, 2.45) is 0 Å². The Bertz CT molecular complexity index is 1120. The maximum absolute atomic E-state index is 13.8. The second-order valence-corrected chi connectivity index (χ2v) is 9.50. The fourth-order valence-electron chi connectivity index (χ4n) is 4.84. The van der Waals surface area contributed by atoms with Crippen LogP contribution in [0, 0.1) is 20.8 Å². The van der Waals surface area contributed by atoms with E-state index in [9.17, 15) is 9.59 Å². The van der Waals surface area contributed by atoms with Crippen LogP contribution in [0.4, 0.5) is 5.69 Å². The third-order valence-electron chi connectivity index (χ3n) is 6.70. The summed E-state index contributed by atoms with van der Waals surface area (Å²) in [7, 11) is 4.07. The Labute approximate surface area is 195 Å². The number of likely N-dealkylation sites (tertiary alicyclic amines) is 1. The lowest BCUT2D eigenvalue weighted by Crippen LogP contribution is -2.43. The molecule has 0 bridgehead atoms. The number of hydrogen-bond donors (Lipinski definition) is 0. The van der Waals surface area contributed by atoms with E-state index < -0.39 is 0 Å². The summed E-state index contributed by atoms with van der Waals surface area (Å²) in [6.07, 6.45) is 1.91. The van der Waals surface area contributed by atoms with Gasteiger partial charge in [-0.05, 0) is 88.6 Å². The summed E-state index contributed by atoms with van der Waals surface area (Å²) >= 11 is 6.14. The van der Waals surface area contributed by atoms with Gasteiger partial charge in [-0.15, -0.1) is 0 Å². The lowest BCUT2D eigenvalue weighted by atomic mass is 9.96. The summed E-state index contributed by atoms with van der Waals surface area (Å²) in [6.45, 7) is 7.85. The van der Waals surface area contributed by atoms with E-state index in [1.54, 1.807) is 18.2 Å². The van der Waals surface area contributed by atoms with Gasteiger partial charge in [-0.25, -0.2) is 4.90 Å². The van der Waals surface area contributed by atoms with Gasteiger partial charge in [-0.2, -0.15) is 0 Å². The molecule has 0 unspecified atom stereocenters. The lowest BCUT2D eigenvalue weighted by Gasteiger charge is -2.36. The molecular formula is C26H30ClN3O2. The first-order valence-corrected chi connectivity index (χ1v) is 11.4. The van der Waals surface area contributed by atoms with Crippen LogP contribution < -0.4 is 4.90 Å². The van der Waals surface area contributed by atoms with Crippen molar-refractivity contribution < 1.29 is 9.59 Å². The Morgan fingerprint density at radius 3 is 2.25 bits per heavy atom. The quantitative estimate of drug-likeness (QED) is 0.638. The number of piperidine rings is 1. The molecule has 2 aromatic rings. The van der Waals surface area contributed by atoms with E-state index in [1.165, 1.54) is 4.90 Å². The predicted molar refractivity (Wildman–Crippen MR) is 130 cm³/mol. The number of aryl methyl sites for hydroxylation is 3. The molecule has 0 radical (unpaired) electrons. The van der Waals surface area contributed by atoms with Gasteiger partial charge in [0, 0.05) is 18.1 Å². The Morgan fingerprint density at radius 2 is 1.62 bits per heavy atom. The number of likely N-dealkylation sites (N-methyl/N-ethyl adjacent to an activating group) is 1. The fraction of sp³-hybridized carbons (Fsp3) is 0.385. The highest BCUT2D eigenvalue weighted by molar-refractivity contribution is 6.45. The predicted octanol–water partition coefficient (Wildman–Crippen LogP) is 4.58. The number of amides is 2. The monoisotopic (exact) mass is 451 g/mol. The van der Waals surface area contributed by atoms with Crippen LogP contribution in [0.3, 0.4) is 0 Å². The van der Waals surface area contributed by atoms with Crippen LogP contribution in [0.15, 0.2) is 42.1 Å². The Kier molecular flexibility index (Phi) is 6.15.